The first kappa shape index (κ1) is 23.8. The van der Waals surface area contributed by atoms with Crippen LogP contribution >= 0.6 is 0 Å². The number of halogens is 1. The molecule has 37 heavy (non-hydrogen) atoms. The monoisotopic (exact) mass is 504 g/mol. The lowest BCUT2D eigenvalue weighted by molar-refractivity contribution is -0.137. The molecule has 4 N–H and O–H groups in total. The third-order valence-corrected chi connectivity index (χ3v) is 6.06. The molecule has 0 bridgehead atoms. The first-order valence-corrected chi connectivity index (χ1v) is 11.3. The maximum absolute atomic E-state index is 14.3. The number of anilines is 1. The Morgan fingerprint density at radius 3 is 2.65 bits per heavy atom. The number of carbonyl (C=O) groups is 3. The van der Waals surface area contributed by atoms with E-state index < -0.39 is 29.9 Å². The molecular formula is C24H21FN8O4. The number of carbonyl (C=O) groups excluding carboxylic acids is 3. The predicted molar refractivity (Wildman–Crippen MR) is 129 cm³/mol. The molecule has 0 aliphatic carbocycles. The molecule has 1 fully saturated rings. The molecule has 3 aromatic heterocycles. The van der Waals surface area contributed by atoms with Crippen LogP contribution in [0, 0.1) is 0 Å². The zero-order chi connectivity index (χ0) is 26.1. The van der Waals surface area contributed by atoms with Gasteiger partial charge in [-0.05, 0) is 35.9 Å². The van der Waals surface area contributed by atoms with E-state index in [1.165, 1.54) is 23.0 Å². The average molecular weight is 504 g/mol. The SMILES string of the molecule is NC(=O)c1nn(CC(=O)N2C[C@H](F)C[C@H]2C(=O)Nc2ccc(O)cn2)c2ccc(-c3ccnnc3)cc12. The molecule has 1 saturated heterocycles. The predicted octanol–water partition coefficient (Wildman–Crippen LogP) is 1.27. The van der Waals surface area contributed by atoms with Crippen LogP contribution in [0.25, 0.3) is 22.0 Å². The number of likely N-dealkylation sites (tertiary alicyclic amines) is 1. The average Bonchev–Trinajstić information content (AvgIpc) is 3.46. The van der Waals surface area contributed by atoms with Crippen molar-refractivity contribution in [2.24, 2.45) is 5.73 Å². The highest BCUT2D eigenvalue weighted by molar-refractivity contribution is 6.05. The summed E-state index contributed by atoms with van der Waals surface area (Å²) in [6.07, 6.45) is 2.69. The number of pyridine rings is 1. The molecule has 0 saturated carbocycles. The molecule has 188 valence electrons. The smallest absolute Gasteiger partial charge is 0.269 e. The van der Waals surface area contributed by atoms with Gasteiger partial charge in [0.25, 0.3) is 5.91 Å². The lowest BCUT2D eigenvalue weighted by Crippen LogP contribution is -2.44. The second kappa shape index (κ2) is 9.60. The van der Waals surface area contributed by atoms with E-state index in [0.29, 0.717) is 10.9 Å². The van der Waals surface area contributed by atoms with Crippen molar-refractivity contribution in [2.75, 3.05) is 11.9 Å². The third-order valence-electron chi connectivity index (χ3n) is 6.06. The second-order valence-corrected chi connectivity index (χ2v) is 8.52. The zero-order valence-electron chi connectivity index (χ0n) is 19.3. The number of alkyl halides is 1. The molecule has 4 aromatic rings. The van der Waals surface area contributed by atoms with Gasteiger partial charge in [0.05, 0.1) is 30.7 Å². The van der Waals surface area contributed by atoms with Gasteiger partial charge in [-0.3, -0.25) is 19.1 Å². The van der Waals surface area contributed by atoms with Gasteiger partial charge in [-0.25, -0.2) is 9.37 Å². The van der Waals surface area contributed by atoms with Gasteiger partial charge in [0, 0.05) is 17.4 Å². The van der Waals surface area contributed by atoms with E-state index in [2.05, 4.69) is 25.6 Å². The van der Waals surface area contributed by atoms with Crippen molar-refractivity contribution in [3.8, 4) is 16.9 Å². The summed E-state index contributed by atoms with van der Waals surface area (Å²) >= 11 is 0. The number of nitrogens with one attached hydrogen (secondary N) is 1. The molecule has 1 aliphatic rings. The summed E-state index contributed by atoms with van der Waals surface area (Å²) < 4.78 is 15.6. The number of nitrogens with two attached hydrogens (primary N) is 1. The van der Waals surface area contributed by atoms with E-state index in [4.69, 9.17) is 5.73 Å². The van der Waals surface area contributed by atoms with Crippen molar-refractivity contribution in [1.29, 1.82) is 0 Å². The Balaban J connectivity index is 1.40. The molecule has 5 rings (SSSR count). The minimum Gasteiger partial charge on any atom is -0.506 e. The Morgan fingerprint density at radius 1 is 1.11 bits per heavy atom. The summed E-state index contributed by atoms with van der Waals surface area (Å²) in [6.45, 7) is -0.602. The summed E-state index contributed by atoms with van der Waals surface area (Å²) in [6, 6.07) is 8.61. The van der Waals surface area contributed by atoms with Crippen LogP contribution in [-0.4, -0.2) is 71.4 Å². The van der Waals surface area contributed by atoms with Crippen LogP contribution in [0.5, 0.6) is 5.75 Å². The van der Waals surface area contributed by atoms with Gasteiger partial charge in [-0.1, -0.05) is 6.07 Å². The minimum atomic E-state index is -1.39. The van der Waals surface area contributed by atoms with Crippen LogP contribution in [0.1, 0.15) is 16.9 Å². The van der Waals surface area contributed by atoms with Crippen LogP contribution in [0.15, 0.2) is 55.0 Å². The highest BCUT2D eigenvalue weighted by atomic mass is 19.1. The fourth-order valence-electron chi connectivity index (χ4n) is 4.32. The fourth-order valence-corrected chi connectivity index (χ4v) is 4.32. The van der Waals surface area contributed by atoms with Crippen molar-refractivity contribution in [3.05, 3.63) is 60.7 Å². The Hall–Kier alpha value is -4.94. The Morgan fingerprint density at radius 2 is 1.95 bits per heavy atom. The van der Waals surface area contributed by atoms with E-state index in [-0.39, 0.29) is 36.8 Å². The van der Waals surface area contributed by atoms with Crippen LogP contribution in [0.2, 0.25) is 0 Å². The van der Waals surface area contributed by atoms with Crippen molar-refractivity contribution in [1.82, 2.24) is 29.9 Å². The molecule has 1 aromatic carbocycles. The van der Waals surface area contributed by atoms with Crippen LogP contribution in [0.4, 0.5) is 10.2 Å². The maximum atomic E-state index is 14.3. The van der Waals surface area contributed by atoms with E-state index >= 15 is 0 Å². The minimum absolute atomic E-state index is 0.0239. The quantitative estimate of drug-likeness (QED) is 0.353. The number of primary amides is 1. The lowest BCUT2D eigenvalue weighted by atomic mass is 10.0. The Labute approximate surface area is 208 Å². The molecule has 2 atom stereocenters. The summed E-state index contributed by atoms with van der Waals surface area (Å²) in [5.41, 5.74) is 7.50. The summed E-state index contributed by atoms with van der Waals surface area (Å²) in [7, 11) is 0. The molecule has 12 nitrogen and oxygen atoms in total. The number of nitrogens with zero attached hydrogens (tertiary/aromatic N) is 6. The highest BCUT2D eigenvalue weighted by Gasteiger charge is 2.40. The van der Waals surface area contributed by atoms with Gasteiger partial charge in [0.1, 0.15) is 30.3 Å². The van der Waals surface area contributed by atoms with Gasteiger partial charge in [-0.15, -0.1) is 0 Å². The van der Waals surface area contributed by atoms with Crippen LogP contribution in [0.3, 0.4) is 0 Å². The van der Waals surface area contributed by atoms with Crippen molar-refractivity contribution in [2.45, 2.75) is 25.2 Å². The normalized spacial score (nSPS) is 17.2. The molecule has 3 amide bonds. The molecule has 4 heterocycles. The van der Waals surface area contributed by atoms with E-state index in [9.17, 15) is 23.9 Å². The first-order valence-electron chi connectivity index (χ1n) is 11.3. The van der Waals surface area contributed by atoms with Gasteiger partial charge < -0.3 is 21.1 Å². The fraction of sp³-hybridized carbons (Fsp3) is 0.208. The lowest BCUT2D eigenvalue weighted by Gasteiger charge is -2.23. The maximum Gasteiger partial charge on any atom is 0.269 e. The number of aromatic nitrogens is 5. The summed E-state index contributed by atoms with van der Waals surface area (Å²) in [4.78, 5) is 43.2. The van der Waals surface area contributed by atoms with Gasteiger partial charge >= 0.3 is 0 Å². The van der Waals surface area contributed by atoms with Crippen molar-refractivity contribution >= 4 is 34.4 Å². The highest BCUT2D eigenvalue weighted by Crippen LogP contribution is 2.27. The largest absolute Gasteiger partial charge is 0.506 e. The van der Waals surface area contributed by atoms with Crippen molar-refractivity contribution in [3.63, 3.8) is 0 Å². The Kier molecular flexibility index (Phi) is 6.17. The molecule has 0 radical (unpaired) electrons. The standard InChI is InChI=1S/C24H21FN8O4/c25-15-8-19(24(37)30-20-4-2-16(34)10-27-20)32(11-15)21(35)12-33-18-3-1-13(14-5-6-28-29-9-14)7-17(18)22(31-33)23(26)36/h1-7,9-10,15,19,34H,8,11-12H2,(H2,26,36)(H,27,30,37)/t15-,19+/m1/s1. The molecule has 0 unspecified atom stereocenters. The topological polar surface area (TPSA) is 169 Å². The van der Waals surface area contributed by atoms with E-state index in [1.807, 2.05) is 0 Å². The number of fused-ring (bicyclic) bond motifs is 1. The number of aromatic hydroxyl groups is 1. The van der Waals surface area contributed by atoms with Crippen molar-refractivity contribution < 1.29 is 23.9 Å². The van der Waals surface area contributed by atoms with Crippen LogP contribution < -0.4 is 11.1 Å². The van der Waals surface area contributed by atoms with Crippen LogP contribution in [-0.2, 0) is 16.1 Å². The van der Waals surface area contributed by atoms with Gasteiger partial charge in [-0.2, -0.15) is 15.3 Å². The molecule has 13 heteroatoms. The van der Waals surface area contributed by atoms with E-state index in [1.54, 1.807) is 30.5 Å². The summed E-state index contributed by atoms with van der Waals surface area (Å²) in [5.74, 6) is -1.86. The van der Waals surface area contributed by atoms with E-state index in [0.717, 1.165) is 22.2 Å². The first-order chi connectivity index (χ1) is 17.8. The van der Waals surface area contributed by atoms with Gasteiger partial charge in [0.15, 0.2) is 5.69 Å². The third kappa shape index (κ3) is 4.78. The number of hydrogen-bond donors (Lipinski definition) is 3. The molecule has 1 aliphatic heterocycles. The zero-order valence-corrected chi connectivity index (χ0v) is 19.3. The Bertz CT molecular complexity index is 1490. The second-order valence-electron chi connectivity index (χ2n) is 8.52. The number of rotatable bonds is 6. The molecule has 0 spiro atoms. The number of benzene rings is 1. The molecular weight excluding hydrogens is 483 g/mol. The number of hydrogen-bond acceptors (Lipinski definition) is 8. The van der Waals surface area contributed by atoms with Gasteiger partial charge in [0.2, 0.25) is 11.8 Å². The summed E-state index contributed by atoms with van der Waals surface area (Å²) in [5, 5.41) is 24.2. The number of amides is 3.